The number of aliphatic carboxylic acids is 1. The molecule has 116 valence electrons. The smallest absolute Gasteiger partial charge is 0.408 e. The first-order chi connectivity index (χ1) is 9.71. The fourth-order valence-electron chi connectivity index (χ4n) is 1.85. The summed E-state index contributed by atoms with van der Waals surface area (Å²) in [4.78, 5) is 22.7. The fraction of sp³-hybridized carbons (Fsp3) is 0.500. The van der Waals surface area contributed by atoms with Crippen LogP contribution < -0.4 is 10.4 Å². The van der Waals surface area contributed by atoms with Gasteiger partial charge in [0.15, 0.2) is 0 Å². The minimum absolute atomic E-state index is 0.301. The second-order valence-corrected chi connectivity index (χ2v) is 5.87. The summed E-state index contributed by atoms with van der Waals surface area (Å²) in [5.74, 6) is -1.23. The van der Waals surface area contributed by atoms with Gasteiger partial charge in [0.1, 0.15) is 5.60 Å². The molecule has 0 spiro atoms. The van der Waals surface area contributed by atoms with Crippen LogP contribution in [0.2, 0.25) is 0 Å². The molecule has 0 aliphatic carbocycles. The Balaban J connectivity index is 2.84. The molecule has 1 aromatic carbocycles. The average molecular weight is 292 g/mol. The predicted octanol–water partition coefficient (Wildman–Crippen LogP) is 1.95. The van der Waals surface area contributed by atoms with Crippen molar-refractivity contribution in [3.63, 3.8) is 0 Å². The van der Waals surface area contributed by atoms with Gasteiger partial charge in [-0.3, -0.25) is 0 Å². The topological polar surface area (TPSA) is 78.5 Å². The van der Waals surface area contributed by atoms with E-state index in [-0.39, 0.29) is 6.42 Å². The number of carbonyl (C=O) groups excluding carboxylic acids is 2. The number of benzene rings is 1. The molecule has 0 unspecified atom stereocenters. The van der Waals surface area contributed by atoms with Gasteiger partial charge < -0.3 is 20.0 Å². The third kappa shape index (κ3) is 6.29. The van der Waals surface area contributed by atoms with Crippen LogP contribution >= 0.6 is 0 Å². The predicted molar refractivity (Wildman–Crippen MR) is 77.6 cm³/mol. The summed E-state index contributed by atoms with van der Waals surface area (Å²) in [5.41, 5.74) is 1.22. The van der Waals surface area contributed by atoms with Gasteiger partial charge in [-0.25, -0.2) is 4.79 Å². The lowest BCUT2D eigenvalue weighted by molar-refractivity contribution is -0.306. The maximum Gasteiger partial charge on any atom is 0.408 e. The molecule has 5 nitrogen and oxygen atoms in total. The molecule has 1 atom stereocenters. The van der Waals surface area contributed by atoms with E-state index in [1.54, 1.807) is 20.8 Å². The van der Waals surface area contributed by atoms with Crippen LogP contribution in [0, 0.1) is 0 Å². The Labute approximate surface area is 125 Å². The molecule has 0 bridgehead atoms. The van der Waals surface area contributed by atoms with Gasteiger partial charge in [-0.1, -0.05) is 31.2 Å². The van der Waals surface area contributed by atoms with Crippen molar-refractivity contribution in [2.45, 2.75) is 52.2 Å². The SMILES string of the molecule is CCc1ccc([C@@H](CC(=O)[O-])NC(=O)OC(C)(C)C)cc1. The van der Waals surface area contributed by atoms with Gasteiger partial charge in [-0.2, -0.15) is 0 Å². The van der Waals surface area contributed by atoms with Crippen molar-refractivity contribution in [3.8, 4) is 0 Å². The summed E-state index contributed by atoms with van der Waals surface area (Å²) >= 11 is 0. The van der Waals surface area contributed by atoms with E-state index < -0.39 is 23.7 Å². The summed E-state index contributed by atoms with van der Waals surface area (Å²) in [7, 11) is 0. The van der Waals surface area contributed by atoms with E-state index >= 15 is 0 Å². The summed E-state index contributed by atoms with van der Waals surface area (Å²) in [6.45, 7) is 7.27. The van der Waals surface area contributed by atoms with Gasteiger partial charge >= 0.3 is 6.09 Å². The Morgan fingerprint density at radius 1 is 1.24 bits per heavy atom. The second-order valence-electron chi connectivity index (χ2n) is 5.87. The van der Waals surface area contributed by atoms with Crippen LogP contribution in [0.25, 0.3) is 0 Å². The van der Waals surface area contributed by atoms with E-state index in [9.17, 15) is 14.7 Å². The van der Waals surface area contributed by atoms with Crippen molar-refractivity contribution in [2.24, 2.45) is 0 Å². The van der Waals surface area contributed by atoms with Gasteiger partial charge in [0, 0.05) is 12.4 Å². The summed E-state index contributed by atoms with van der Waals surface area (Å²) in [6.07, 6.45) is -0.0522. The van der Waals surface area contributed by atoms with Crippen LogP contribution in [0.1, 0.15) is 51.3 Å². The van der Waals surface area contributed by atoms with Crippen LogP contribution in [0.4, 0.5) is 4.79 Å². The average Bonchev–Trinajstić information content (AvgIpc) is 2.35. The molecular formula is C16H22NO4-. The molecule has 0 aromatic heterocycles. The van der Waals surface area contributed by atoms with Crippen molar-refractivity contribution in [1.82, 2.24) is 5.32 Å². The highest BCUT2D eigenvalue weighted by Gasteiger charge is 2.20. The second kappa shape index (κ2) is 7.11. The number of carbonyl (C=O) groups is 2. The standard InChI is InChI=1S/C16H23NO4/c1-5-11-6-8-12(9-7-11)13(10-14(18)19)17-15(20)21-16(2,3)4/h6-9,13H,5,10H2,1-4H3,(H,17,20)(H,18,19)/p-1/t13-/m1/s1. The normalized spacial score (nSPS) is 12.6. The Morgan fingerprint density at radius 3 is 2.24 bits per heavy atom. The van der Waals surface area contributed by atoms with Gasteiger partial charge in [0.25, 0.3) is 0 Å². The first-order valence-corrected chi connectivity index (χ1v) is 6.99. The monoisotopic (exact) mass is 292 g/mol. The molecule has 0 aliphatic heterocycles. The highest BCUT2D eigenvalue weighted by molar-refractivity contribution is 5.71. The van der Waals surface area contributed by atoms with E-state index in [0.717, 1.165) is 12.0 Å². The maximum atomic E-state index is 11.8. The Kier molecular flexibility index (Phi) is 5.76. The highest BCUT2D eigenvalue weighted by Crippen LogP contribution is 2.18. The lowest BCUT2D eigenvalue weighted by Gasteiger charge is -2.24. The van der Waals surface area contributed by atoms with Crippen molar-refractivity contribution < 1.29 is 19.4 Å². The maximum absolute atomic E-state index is 11.8. The zero-order valence-electron chi connectivity index (χ0n) is 12.9. The number of carboxylic acids is 1. The third-order valence-corrected chi connectivity index (χ3v) is 2.85. The number of ether oxygens (including phenoxy) is 1. The molecule has 1 amide bonds. The quantitative estimate of drug-likeness (QED) is 0.899. The Morgan fingerprint density at radius 2 is 1.81 bits per heavy atom. The molecule has 1 rings (SSSR count). The number of amides is 1. The molecule has 0 saturated heterocycles. The molecule has 5 heteroatoms. The Bertz CT molecular complexity index is 488. The largest absolute Gasteiger partial charge is 0.550 e. The first-order valence-electron chi connectivity index (χ1n) is 6.99. The number of hydrogen-bond acceptors (Lipinski definition) is 4. The number of rotatable bonds is 5. The van der Waals surface area contributed by atoms with Crippen LogP contribution in [-0.4, -0.2) is 17.7 Å². The third-order valence-electron chi connectivity index (χ3n) is 2.85. The summed E-state index contributed by atoms with van der Waals surface area (Å²) in [5, 5.41) is 13.4. The van der Waals surface area contributed by atoms with Gasteiger partial charge in [-0.05, 0) is 38.3 Å². The van der Waals surface area contributed by atoms with Gasteiger partial charge in [-0.15, -0.1) is 0 Å². The van der Waals surface area contributed by atoms with Crippen LogP contribution in [0.15, 0.2) is 24.3 Å². The number of alkyl carbamates (subject to hydrolysis) is 1. The molecule has 1 N–H and O–H groups in total. The zero-order chi connectivity index (χ0) is 16.0. The van der Waals surface area contributed by atoms with Crippen molar-refractivity contribution in [1.29, 1.82) is 0 Å². The van der Waals surface area contributed by atoms with Gasteiger partial charge in [0.05, 0.1) is 6.04 Å². The zero-order valence-corrected chi connectivity index (χ0v) is 12.9. The number of hydrogen-bond donors (Lipinski definition) is 1. The lowest BCUT2D eigenvalue weighted by Crippen LogP contribution is -2.37. The molecule has 0 radical (unpaired) electrons. The highest BCUT2D eigenvalue weighted by atomic mass is 16.6. The van der Waals surface area contributed by atoms with Crippen molar-refractivity contribution in [2.75, 3.05) is 0 Å². The van der Waals surface area contributed by atoms with Crippen molar-refractivity contribution >= 4 is 12.1 Å². The summed E-state index contributed by atoms with van der Waals surface area (Å²) < 4.78 is 5.15. The van der Waals surface area contributed by atoms with Crippen LogP contribution in [0.3, 0.4) is 0 Å². The molecule has 0 saturated carbocycles. The number of nitrogens with one attached hydrogen (secondary N) is 1. The number of aryl methyl sites for hydroxylation is 1. The van der Waals surface area contributed by atoms with Crippen molar-refractivity contribution in [3.05, 3.63) is 35.4 Å². The van der Waals surface area contributed by atoms with Crippen LogP contribution in [0.5, 0.6) is 0 Å². The molecular weight excluding hydrogens is 270 g/mol. The molecule has 0 aliphatic rings. The molecule has 0 fully saturated rings. The van der Waals surface area contributed by atoms with E-state index in [1.165, 1.54) is 0 Å². The summed E-state index contributed by atoms with van der Waals surface area (Å²) in [6, 6.07) is 6.77. The lowest BCUT2D eigenvalue weighted by atomic mass is 10.0. The Hall–Kier alpha value is -2.04. The van der Waals surface area contributed by atoms with E-state index in [0.29, 0.717) is 5.56 Å². The van der Waals surface area contributed by atoms with E-state index in [2.05, 4.69) is 5.32 Å². The van der Waals surface area contributed by atoms with E-state index in [4.69, 9.17) is 4.74 Å². The molecule has 21 heavy (non-hydrogen) atoms. The fourth-order valence-corrected chi connectivity index (χ4v) is 1.85. The first kappa shape index (κ1) is 17.0. The van der Waals surface area contributed by atoms with E-state index in [1.807, 2.05) is 31.2 Å². The molecule has 0 heterocycles. The van der Waals surface area contributed by atoms with Gasteiger partial charge in [0.2, 0.25) is 0 Å². The molecule has 1 aromatic rings. The number of carboxylic acid groups (broad SMARTS) is 1. The van der Waals surface area contributed by atoms with Crippen LogP contribution in [-0.2, 0) is 16.0 Å². The minimum Gasteiger partial charge on any atom is -0.550 e. The minimum atomic E-state index is -1.23.